The molecule has 2 aliphatic rings. The number of aromatic nitrogens is 2. The molecule has 5 rings (SSSR count). The number of benzene rings is 2. The van der Waals surface area contributed by atoms with E-state index in [0.717, 1.165) is 19.0 Å². The highest BCUT2D eigenvalue weighted by Gasteiger charge is 2.14. The summed E-state index contributed by atoms with van der Waals surface area (Å²) >= 11 is 0. The number of fused-ring (bicyclic) bond motifs is 2. The molecule has 0 spiro atoms. The summed E-state index contributed by atoms with van der Waals surface area (Å²) in [5.74, 6) is 2.34. The number of anilines is 4. The molecule has 3 aromatic rings. The van der Waals surface area contributed by atoms with E-state index in [-0.39, 0.29) is 11.8 Å². The average molecular weight is 424 g/mol. The quantitative estimate of drug-likeness (QED) is 0.636. The third-order valence-corrected chi connectivity index (χ3v) is 4.76. The molecule has 8 nitrogen and oxygen atoms in total. The molecule has 0 saturated carbocycles. The standard InChI is InChI=1S/C22H21FN4O4/c23-16-13-24-22(26-15-4-6-18-20(12-15)31-10-2-8-29-18)27-21(16)25-14-3-5-17-19(11-14)30-9-1-7-28-17/h3-6,11-13H,1-2,7-10H2,(H2,24,25,26,27). The molecule has 3 heterocycles. The van der Waals surface area contributed by atoms with Gasteiger partial charge in [-0.3, -0.25) is 0 Å². The maximum Gasteiger partial charge on any atom is 0.229 e. The molecule has 0 fully saturated rings. The zero-order chi connectivity index (χ0) is 21.0. The predicted molar refractivity (Wildman–Crippen MR) is 113 cm³/mol. The zero-order valence-corrected chi connectivity index (χ0v) is 16.7. The molecule has 0 bridgehead atoms. The van der Waals surface area contributed by atoms with Crippen LogP contribution in [0, 0.1) is 5.82 Å². The molecule has 31 heavy (non-hydrogen) atoms. The van der Waals surface area contributed by atoms with Gasteiger partial charge in [-0.05, 0) is 24.3 Å². The predicted octanol–water partition coefficient (Wildman–Crippen LogP) is 4.43. The third kappa shape index (κ3) is 4.40. The SMILES string of the molecule is Fc1cnc(Nc2ccc3c(c2)OCCCO3)nc1Nc1ccc2c(c1)OCCCO2. The van der Waals surface area contributed by atoms with Crippen LogP contribution in [0.2, 0.25) is 0 Å². The molecule has 160 valence electrons. The fourth-order valence-corrected chi connectivity index (χ4v) is 3.26. The molecule has 0 amide bonds. The van der Waals surface area contributed by atoms with Crippen molar-refractivity contribution >= 4 is 23.1 Å². The maximum atomic E-state index is 14.4. The van der Waals surface area contributed by atoms with Gasteiger partial charge in [0.05, 0.1) is 32.6 Å². The van der Waals surface area contributed by atoms with Crippen LogP contribution in [-0.2, 0) is 0 Å². The Labute approximate surface area is 178 Å². The van der Waals surface area contributed by atoms with Gasteiger partial charge in [0, 0.05) is 36.3 Å². The summed E-state index contributed by atoms with van der Waals surface area (Å²) in [5, 5.41) is 6.06. The van der Waals surface area contributed by atoms with Crippen molar-refractivity contribution in [2.75, 3.05) is 37.1 Å². The van der Waals surface area contributed by atoms with Crippen LogP contribution in [-0.4, -0.2) is 36.4 Å². The lowest BCUT2D eigenvalue weighted by atomic mass is 10.2. The van der Waals surface area contributed by atoms with Gasteiger partial charge in [0.1, 0.15) is 0 Å². The lowest BCUT2D eigenvalue weighted by Crippen LogP contribution is -2.04. The first-order chi connectivity index (χ1) is 15.2. The van der Waals surface area contributed by atoms with E-state index in [1.54, 1.807) is 18.2 Å². The zero-order valence-electron chi connectivity index (χ0n) is 16.7. The van der Waals surface area contributed by atoms with E-state index in [9.17, 15) is 4.39 Å². The van der Waals surface area contributed by atoms with Crippen molar-refractivity contribution in [2.24, 2.45) is 0 Å². The van der Waals surface area contributed by atoms with Crippen molar-refractivity contribution in [3.05, 3.63) is 48.4 Å². The van der Waals surface area contributed by atoms with Gasteiger partial charge in [0.15, 0.2) is 34.6 Å². The van der Waals surface area contributed by atoms with Crippen LogP contribution in [0.15, 0.2) is 42.6 Å². The van der Waals surface area contributed by atoms with Crippen LogP contribution in [0.5, 0.6) is 23.0 Å². The van der Waals surface area contributed by atoms with E-state index in [4.69, 9.17) is 18.9 Å². The molecule has 2 aliphatic heterocycles. The van der Waals surface area contributed by atoms with Crippen LogP contribution < -0.4 is 29.6 Å². The van der Waals surface area contributed by atoms with E-state index < -0.39 is 5.82 Å². The molecule has 2 aromatic carbocycles. The second kappa shape index (κ2) is 8.55. The summed E-state index contributed by atoms with van der Waals surface area (Å²) < 4.78 is 37.0. The smallest absolute Gasteiger partial charge is 0.229 e. The highest BCUT2D eigenvalue weighted by Crippen LogP contribution is 2.35. The van der Waals surface area contributed by atoms with Crippen LogP contribution in [0.25, 0.3) is 0 Å². The monoisotopic (exact) mass is 424 g/mol. The molecular formula is C22H21FN4O4. The fraction of sp³-hybridized carbons (Fsp3) is 0.273. The normalized spacial score (nSPS) is 14.9. The van der Waals surface area contributed by atoms with Gasteiger partial charge < -0.3 is 29.6 Å². The van der Waals surface area contributed by atoms with Crippen molar-refractivity contribution < 1.29 is 23.3 Å². The molecule has 0 saturated heterocycles. The Morgan fingerprint density at radius 1 is 0.710 bits per heavy atom. The van der Waals surface area contributed by atoms with Crippen LogP contribution in [0.3, 0.4) is 0 Å². The van der Waals surface area contributed by atoms with Crippen molar-refractivity contribution in [1.82, 2.24) is 9.97 Å². The number of ether oxygens (including phenoxy) is 4. The highest BCUT2D eigenvalue weighted by molar-refractivity contribution is 5.64. The highest BCUT2D eigenvalue weighted by atomic mass is 19.1. The summed E-state index contributed by atoms with van der Waals surface area (Å²) in [6, 6.07) is 10.8. The van der Waals surface area contributed by atoms with Gasteiger partial charge in [-0.1, -0.05) is 0 Å². The van der Waals surface area contributed by atoms with Crippen LogP contribution in [0.4, 0.5) is 27.5 Å². The summed E-state index contributed by atoms with van der Waals surface area (Å²) in [7, 11) is 0. The van der Waals surface area contributed by atoms with Gasteiger partial charge in [0.2, 0.25) is 5.95 Å². The maximum absolute atomic E-state index is 14.4. The Kier molecular flexibility index (Phi) is 5.30. The fourth-order valence-electron chi connectivity index (χ4n) is 3.26. The summed E-state index contributed by atoms with van der Waals surface area (Å²) in [5.41, 5.74) is 1.33. The number of halogens is 1. The van der Waals surface area contributed by atoms with Crippen LogP contribution in [0.1, 0.15) is 12.8 Å². The summed E-state index contributed by atoms with van der Waals surface area (Å²) in [6.07, 6.45) is 2.75. The van der Waals surface area contributed by atoms with Crippen LogP contribution >= 0.6 is 0 Å². The second-order valence-corrected chi connectivity index (χ2v) is 7.06. The topological polar surface area (TPSA) is 86.8 Å². The number of nitrogens with one attached hydrogen (secondary N) is 2. The first-order valence-corrected chi connectivity index (χ1v) is 10.1. The van der Waals surface area contributed by atoms with Crippen molar-refractivity contribution in [3.8, 4) is 23.0 Å². The van der Waals surface area contributed by atoms with Gasteiger partial charge >= 0.3 is 0 Å². The Morgan fingerprint density at radius 2 is 1.26 bits per heavy atom. The van der Waals surface area contributed by atoms with Gasteiger partial charge in [-0.15, -0.1) is 0 Å². The largest absolute Gasteiger partial charge is 0.490 e. The Morgan fingerprint density at radius 3 is 1.87 bits per heavy atom. The van der Waals surface area contributed by atoms with E-state index >= 15 is 0 Å². The van der Waals surface area contributed by atoms with Gasteiger partial charge in [-0.2, -0.15) is 4.98 Å². The van der Waals surface area contributed by atoms with Gasteiger partial charge in [-0.25, -0.2) is 9.37 Å². The molecule has 9 heteroatoms. The number of hydrogen-bond donors (Lipinski definition) is 2. The van der Waals surface area contributed by atoms with E-state index in [1.165, 1.54) is 0 Å². The minimum absolute atomic E-state index is 0.0429. The first kappa shape index (κ1) is 19.2. The van der Waals surface area contributed by atoms with Crippen molar-refractivity contribution in [3.63, 3.8) is 0 Å². The lowest BCUT2D eigenvalue weighted by molar-refractivity contribution is 0.296. The van der Waals surface area contributed by atoms with Crippen molar-refractivity contribution in [1.29, 1.82) is 0 Å². The minimum atomic E-state index is -0.573. The van der Waals surface area contributed by atoms with Gasteiger partial charge in [0.25, 0.3) is 0 Å². The number of nitrogens with zero attached hydrogens (tertiary/aromatic N) is 2. The summed E-state index contributed by atoms with van der Waals surface area (Å²) in [4.78, 5) is 8.31. The molecule has 0 unspecified atom stereocenters. The second-order valence-electron chi connectivity index (χ2n) is 7.06. The van der Waals surface area contributed by atoms with E-state index in [0.29, 0.717) is 60.8 Å². The number of rotatable bonds is 4. The average Bonchev–Trinajstić information content (AvgIpc) is 3.16. The number of hydrogen-bond acceptors (Lipinski definition) is 8. The molecule has 0 radical (unpaired) electrons. The van der Waals surface area contributed by atoms with E-state index in [1.807, 2.05) is 18.2 Å². The Bertz CT molecular complexity index is 1100. The first-order valence-electron chi connectivity index (χ1n) is 10.1. The molecular weight excluding hydrogens is 403 g/mol. The molecule has 1 aromatic heterocycles. The molecule has 0 aliphatic carbocycles. The lowest BCUT2D eigenvalue weighted by Gasteiger charge is -2.13. The Hall–Kier alpha value is -3.75. The minimum Gasteiger partial charge on any atom is -0.490 e. The molecule has 2 N–H and O–H groups in total. The molecule has 0 atom stereocenters. The summed E-state index contributed by atoms with van der Waals surface area (Å²) in [6.45, 7) is 2.39. The Balaban J connectivity index is 1.35. The third-order valence-electron chi connectivity index (χ3n) is 4.76. The van der Waals surface area contributed by atoms with E-state index in [2.05, 4.69) is 20.6 Å². The van der Waals surface area contributed by atoms with Crippen molar-refractivity contribution in [2.45, 2.75) is 12.8 Å².